The predicted molar refractivity (Wildman–Crippen MR) is 74.1 cm³/mol. The number of carbonyl (C=O) groups is 1. The van der Waals surface area contributed by atoms with E-state index in [1.807, 2.05) is 6.92 Å². The van der Waals surface area contributed by atoms with Crippen LogP contribution in [0.25, 0.3) is 0 Å². The topological polar surface area (TPSA) is 92.7 Å². The minimum absolute atomic E-state index is 0.0772. The Morgan fingerprint density at radius 3 is 2.53 bits per heavy atom. The first-order chi connectivity index (χ1) is 8.88. The van der Waals surface area contributed by atoms with Gasteiger partial charge in [0.15, 0.2) is 0 Å². The largest absolute Gasteiger partial charge is 0.393 e. The van der Waals surface area contributed by atoms with E-state index < -0.39 is 4.92 Å². The number of nitrogens with two attached hydrogens (primary N) is 1. The number of amides is 1. The van der Waals surface area contributed by atoms with E-state index in [4.69, 9.17) is 5.73 Å². The number of benzene rings is 1. The first-order valence-electron chi connectivity index (χ1n) is 5.86. The van der Waals surface area contributed by atoms with E-state index in [-0.39, 0.29) is 23.8 Å². The first kappa shape index (κ1) is 14.7. The van der Waals surface area contributed by atoms with Crippen LogP contribution in [-0.4, -0.2) is 42.9 Å². The van der Waals surface area contributed by atoms with E-state index in [1.54, 1.807) is 31.1 Å². The lowest BCUT2D eigenvalue weighted by molar-refractivity contribution is -0.383. The lowest BCUT2D eigenvalue weighted by atomic mass is 10.2. The van der Waals surface area contributed by atoms with Crippen LogP contribution in [0.5, 0.6) is 0 Å². The summed E-state index contributed by atoms with van der Waals surface area (Å²) in [6, 6.07) is 4.71. The number of hydrogen-bond acceptors (Lipinski definition) is 5. The third kappa shape index (κ3) is 3.34. The first-order valence-corrected chi connectivity index (χ1v) is 5.86. The van der Waals surface area contributed by atoms with Crippen LogP contribution in [0.1, 0.15) is 6.92 Å². The van der Waals surface area contributed by atoms with Gasteiger partial charge in [0.2, 0.25) is 5.91 Å². The molecule has 2 N–H and O–H groups in total. The fourth-order valence-electron chi connectivity index (χ4n) is 1.67. The van der Waals surface area contributed by atoms with Crippen molar-refractivity contribution in [3.63, 3.8) is 0 Å². The number of likely N-dealkylation sites (N-methyl/N-ethyl adjacent to an activating group) is 2. The fraction of sp³-hybridized carbons (Fsp3) is 0.417. The molecule has 0 bridgehead atoms. The van der Waals surface area contributed by atoms with Crippen LogP contribution in [0.4, 0.5) is 17.1 Å². The van der Waals surface area contributed by atoms with E-state index >= 15 is 0 Å². The lowest BCUT2D eigenvalue weighted by Crippen LogP contribution is -2.36. The highest BCUT2D eigenvalue weighted by Gasteiger charge is 2.23. The number of nitrogens with zero attached hydrogens (tertiary/aromatic N) is 3. The molecule has 0 saturated heterocycles. The molecule has 0 atom stereocenters. The fourth-order valence-corrected chi connectivity index (χ4v) is 1.67. The summed E-state index contributed by atoms with van der Waals surface area (Å²) >= 11 is 0. The molecule has 0 spiro atoms. The lowest BCUT2D eigenvalue weighted by Gasteiger charge is -2.24. The third-order valence-electron chi connectivity index (χ3n) is 2.78. The van der Waals surface area contributed by atoms with Crippen molar-refractivity contribution in [2.75, 3.05) is 37.8 Å². The molecule has 7 heteroatoms. The minimum Gasteiger partial charge on any atom is -0.393 e. The predicted octanol–water partition coefficient (Wildman–Crippen LogP) is 1.09. The summed E-state index contributed by atoms with van der Waals surface area (Å²) in [5, 5.41) is 11.1. The minimum atomic E-state index is -0.520. The molecule has 1 rings (SSSR count). The number of rotatable bonds is 5. The van der Waals surface area contributed by atoms with Gasteiger partial charge in [-0.3, -0.25) is 14.9 Å². The number of nitro groups is 1. The molecule has 0 aliphatic carbocycles. The van der Waals surface area contributed by atoms with E-state index in [0.29, 0.717) is 12.2 Å². The van der Waals surface area contributed by atoms with Crippen molar-refractivity contribution in [3.8, 4) is 0 Å². The average Bonchev–Trinajstić information content (AvgIpc) is 2.34. The highest BCUT2D eigenvalue weighted by Crippen LogP contribution is 2.33. The molecule has 0 radical (unpaired) electrons. The Morgan fingerprint density at radius 2 is 2.05 bits per heavy atom. The Labute approximate surface area is 111 Å². The van der Waals surface area contributed by atoms with Gasteiger partial charge in [-0.05, 0) is 19.1 Å². The molecule has 0 saturated carbocycles. The highest BCUT2D eigenvalue weighted by molar-refractivity contribution is 5.84. The van der Waals surface area contributed by atoms with Crippen LogP contribution >= 0.6 is 0 Å². The second-order valence-corrected chi connectivity index (χ2v) is 4.27. The van der Waals surface area contributed by atoms with Gasteiger partial charge < -0.3 is 15.5 Å². The average molecular weight is 266 g/mol. The van der Waals surface area contributed by atoms with E-state index in [1.165, 1.54) is 11.0 Å². The Kier molecular flexibility index (Phi) is 4.68. The van der Waals surface area contributed by atoms with Gasteiger partial charge in [0.05, 0.1) is 11.5 Å². The van der Waals surface area contributed by atoms with E-state index in [0.717, 1.165) is 0 Å². The number of anilines is 2. The SMILES string of the molecule is CCN(CC(=O)N(C)C)c1cccc(N)c1[N+](=O)[O-]. The van der Waals surface area contributed by atoms with Gasteiger partial charge >= 0.3 is 5.69 Å². The van der Waals surface area contributed by atoms with Crippen LogP contribution in [0.2, 0.25) is 0 Å². The highest BCUT2D eigenvalue weighted by atomic mass is 16.6. The maximum absolute atomic E-state index is 11.7. The molecule has 1 aromatic carbocycles. The van der Waals surface area contributed by atoms with E-state index in [2.05, 4.69) is 0 Å². The van der Waals surface area contributed by atoms with Crippen LogP contribution in [0.3, 0.4) is 0 Å². The van der Waals surface area contributed by atoms with Crippen molar-refractivity contribution < 1.29 is 9.72 Å². The number of hydrogen-bond donors (Lipinski definition) is 1. The zero-order valence-corrected chi connectivity index (χ0v) is 11.3. The van der Waals surface area contributed by atoms with Gasteiger partial charge in [0, 0.05) is 20.6 Å². The summed E-state index contributed by atoms with van der Waals surface area (Å²) in [5.41, 5.74) is 5.94. The molecule has 104 valence electrons. The molecule has 1 amide bonds. The molecule has 19 heavy (non-hydrogen) atoms. The summed E-state index contributed by atoms with van der Waals surface area (Å²) < 4.78 is 0. The van der Waals surface area contributed by atoms with Gasteiger partial charge in [0.1, 0.15) is 11.4 Å². The number of nitro benzene ring substituents is 1. The Bertz CT molecular complexity index is 488. The smallest absolute Gasteiger partial charge is 0.315 e. The molecule has 0 aromatic heterocycles. The van der Waals surface area contributed by atoms with Crippen molar-refractivity contribution in [2.45, 2.75) is 6.92 Å². The molecule has 1 aromatic rings. The van der Waals surface area contributed by atoms with Crippen molar-refractivity contribution in [1.82, 2.24) is 4.90 Å². The maximum Gasteiger partial charge on any atom is 0.315 e. The van der Waals surface area contributed by atoms with Crippen molar-refractivity contribution in [1.29, 1.82) is 0 Å². The van der Waals surface area contributed by atoms with Gasteiger partial charge in [-0.2, -0.15) is 0 Å². The Balaban J connectivity index is 3.15. The van der Waals surface area contributed by atoms with Crippen molar-refractivity contribution >= 4 is 23.0 Å². The van der Waals surface area contributed by atoms with Crippen LogP contribution in [0.15, 0.2) is 18.2 Å². The number of nitrogen functional groups attached to an aromatic ring is 1. The zero-order chi connectivity index (χ0) is 14.6. The Hall–Kier alpha value is -2.31. The normalized spacial score (nSPS) is 10.1. The maximum atomic E-state index is 11.7. The molecule has 0 fully saturated rings. The van der Waals surface area contributed by atoms with Gasteiger partial charge in [0.25, 0.3) is 0 Å². The molecule has 0 unspecified atom stereocenters. The van der Waals surface area contributed by atoms with Gasteiger partial charge in [-0.25, -0.2) is 0 Å². The van der Waals surface area contributed by atoms with Crippen LogP contribution < -0.4 is 10.6 Å². The third-order valence-corrected chi connectivity index (χ3v) is 2.78. The molecular formula is C12H18N4O3. The number of carbonyl (C=O) groups excluding carboxylic acids is 1. The second kappa shape index (κ2) is 6.03. The van der Waals surface area contributed by atoms with Crippen molar-refractivity contribution in [2.24, 2.45) is 0 Å². The van der Waals surface area contributed by atoms with Crippen molar-refractivity contribution in [3.05, 3.63) is 28.3 Å². The zero-order valence-electron chi connectivity index (χ0n) is 11.3. The monoisotopic (exact) mass is 266 g/mol. The summed E-state index contributed by atoms with van der Waals surface area (Å²) in [6.07, 6.45) is 0. The molecule has 0 heterocycles. The van der Waals surface area contributed by atoms with E-state index in [9.17, 15) is 14.9 Å². The van der Waals surface area contributed by atoms with Gasteiger partial charge in [-0.15, -0.1) is 0 Å². The number of para-hydroxylation sites is 1. The Morgan fingerprint density at radius 1 is 1.42 bits per heavy atom. The van der Waals surface area contributed by atoms with Gasteiger partial charge in [-0.1, -0.05) is 6.07 Å². The summed E-state index contributed by atoms with van der Waals surface area (Å²) in [7, 11) is 3.29. The molecule has 7 nitrogen and oxygen atoms in total. The molecule has 0 aliphatic rings. The standard InChI is InChI=1S/C12H18N4O3/c1-4-15(8-11(17)14(2)3)10-7-5-6-9(13)12(10)16(18)19/h5-7H,4,8,13H2,1-3H3. The molecular weight excluding hydrogens is 248 g/mol. The second-order valence-electron chi connectivity index (χ2n) is 4.27. The molecule has 0 aliphatic heterocycles. The summed E-state index contributed by atoms with van der Waals surface area (Å²) in [6.45, 7) is 2.38. The van der Waals surface area contributed by atoms with Crippen LogP contribution in [0, 0.1) is 10.1 Å². The van der Waals surface area contributed by atoms with Crippen LogP contribution in [-0.2, 0) is 4.79 Å². The quantitative estimate of drug-likeness (QED) is 0.489. The summed E-state index contributed by atoms with van der Waals surface area (Å²) in [4.78, 5) is 25.4. The summed E-state index contributed by atoms with van der Waals surface area (Å²) in [5.74, 6) is -0.126.